The Bertz CT molecular complexity index is 623. The first-order valence-corrected chi connectivity index (χ1v) is 7.59. The molecule has 1 aromatic rings. The lowest BCUT2D eigenvalue weighted by Crippen LogP contribution is -2.53. The van der Waals surface area contributed by atoms with E-state index in [1.54, 1.807) is 4.90 Å². The molecule has 0 aromatic heterocycles. The van der Waals surface area contributed by atoms with Gasteiger partial charge in [0.1, 0.15) is 6.04 Å². The van der Waals surface area contributed by atoms with Gasteiger partial charge in [0.25, 0.3) is 5.91 Å². The van der Waals surface area contributed by atoms with Crippen molar-refractivity contribution in [1.82, 2.24) is 9.80 Å². The number of nitrogens with zero attached hydrogens (tertiary/aromatic N) is 2. The van der Waals surface area contributed by atoms with E-state index in [0.717, 1.165) is 37.1 Å². The van der Waals surface area contributed by atoms with Gasteiger partial charge < -0.3 is 9.80 Å². The average molecular weight is 302 g/mol. The number of carbonyl (C=O) groups excluding carboxylic acids is 2. The summed E-state index contributed by atoms with van der Waals surface area (Å²) < 4.78 is 13.4. The first-order chi connectivity index (χ1) is 10.6. The highest BCUT2D eigenvalue weighted by Crippen LogP contribution is 2.26. The van der Waals surface area contributed by atoms with Crippen LogP contribution in [0.3, 0.4) is 0 Å². The lowest BCUT2D eigenvalue weighted by Gasteiger charge is -2.37. The highest BCUT2D eigenvalue weighted by molar-refractivity contribution is 5.95. The molecule has 2 heterocycles. The number of fused-ring (bicyclic) bond motifs is 1. The molecule has 116 valence electrons. The largest absolute Gasteiger partial charge is 0.341 e. The Hall–Kier alpha value is -2.17. The summed E-state index contributed by atoms with van der Waals surface area (Å²) in [5, 5.41) is 0. The third-order valence-electron chi connectivity index (χ3n) is 4.44. The van der Waals surface area contributed by atoms with Crippen molar-refractivity contribution in [2.24, 2.45) is 0 Å². The summed E-state index contributed by atoms with van der Waals surface area (Å²) in [5.74, 6) is -1.88. The van der Waals surface area contributed by atoms with Gasteiger partial charge in [0, 0.05) is 26.1 Å². The van der Waals surface area contributed by atoms with E-state index in [0.29, 0.717) is 6.42 Å². The van der Waals surface area contributed by atoms with E-state index in [1.807, 2.05) is 24.3 Å². The minimum atomic E-state index is -1.02. The fourth-order valence-electron chi connectivity index (χ4n) is 3.26. The summed E-state index contributed by atoms with van der Waals surface area (Å²) in [4.78, 5) is 27.9. The maximum absolute atomic E-state index is 13.4. The summed E-state index contributed by atoms with van der Waals surface area (Å²) in [5.41, 5.74) is 2.01. The first kappa shape index (κ1) is 14.8. The third-order valence-corrected chi connectivity index (χ3v) is 4.44. The average Bonchev–Trinajstić information content (AvgIpc) is 3.06. The van der Waals surface area contributed by atoms with Gasteiger partial charge in [-0.15, -0.1) is 0 Å². The lowest BCUT2D eigenvalue weighted by atomic mass is 9.93. The van der Waals surface area contributed by atoms with Crippen LogP contribution in [0.5, 0.6) is 0 Å². The molecular weight excluding hydrogens is 283 g/mol. The van der Waals surface area contributed by atoms with Crippen molar-refractivity contribution >= 4 is 11.8 Å². The Morgan fingerprint density at radius 2 is 1.77 bits per heavy atom. The molecule has 0 spiro atoms. The Morgan fingerprint density at radius 1 is 1.14 bits per heavy atom. The van der Waals surface area contributed by atoms with Gasteiger partial charge in [0.2, 0.25) is 5.91 Å². The lowest BCUT2D eigenvalue weighted by molar-refractivity contribution is -0.145. The van der Waals surface area contributed by atoms with E-state index >= 15 is 0 Å². The molecule has 1 atom stereocenters. The number of hydrogen-bond donors (Lipinski definition) is 0. The Kier molecular flexibility index (Phi) is 3.96. The summed E-state index contributed by atoms with van der Waals surface area (Å²) in [6.07, 6.45) is 2.40. The van der Waals surface area contributed by atoms with Crippen LogP contribution in [0.1, 0.15) is 24.0 Å². The van der Waals surface area contributed by atoms with Crippen molar-refractivity contribution in [1.29, 1.82) is 0 Å². The van der Waals surface area contributed by atoms with Crippen LogP contribution in [-0.2, 0) is 22.6 Å². The van der Waals surface area contributed by atoms with E-state index in [-0.39, 0.29) is 12.5 Å². The molecule has 1 saturated heterocycles. The molecule has 0 saturated carbocycles. The zero-order valence-corrected chi connectivity index (χ0v) is 12.4. The molecule has 0 aliphatic carbocycles. The molecule has 0 N–H and O–H groups in total. The van der Waals surface area contributed by atoms with E-state index < -0.39 is 17.8 Å². The van der Waals surface area contributed by atoms with Crippen molar-refractivity contribution in [3.63, 3.8) is 0 Å². The maximum atomic E-state index is 13.4. The zero-order chi connectivity index (χ0) is 15.7. The smallest absolute Gasteiger partial charge is 0.282 e. The standard InChI is InChI=1S/C17H19FN2O2/c1-12(18)16(21)20-11-14-7-3-2-6-13(14)10-15(20)17(22)19-8-4-5-9-19/h2-3,6-7,15H,1,4-5,8-11H2. The van der Waals surface area contributed by atoms with E-state index in [9.17, 15) is 14.0 Å². The van der Waals surface area contributed by atoms with Gasteiger partial charge in [-0.2, -0.15) is 0 Å². The van der Waals surface area contributed by atoms with E-state index in [2.05, 4.69) is 6.58 Å². The van der Waals surface area contributed by atoms with Crippen molar-refractivity contribution in [3.05, 3.63) is 47.8 Å². The normalized spacial score (nSPS) is 20.7. The topological polar surface area (TPSA) is 40.6 Å². The Balaban J connectivity index is 1.91. The molecule has 22 heavy (non-hydrogen) atoms. The van der Waals surface area contributed by atoms with Crippen LogP contribution in [0.2, 0.25) is 0 Å². The van der Waals surface area contributed by atoms with Crippen LogP contribution in [0.4, 0.5) is 4.39 Å². The van der Waals surface area contributed by atoms with Crippen LogP contribution in [-0.4, -0.2) is 40.7 Å². The van der Waals surface area contributed by atoms with Gasteiger partial charge >= 0.3 is 0 Å². The molecule has 0 radical (unpaired) electrons. The third kappa shape index (κ3) is 2.63. The van der Waals surface area contributed by atoms with Gasteiger partial charge in [-0.25, -0.2) is 4.39 Å². The second-order valence-corrected chi connectivity index (χ2v) is 5.86. The molecule has 2 aliphatic heterocycles. The van der Waals surface area contributed by atoms with Crippen LogP contribution in [0.25, 0.3) is 0 Å². The van der Waals surface area contributed by atoms with Crippen LogP contribution < -0.4 is 0 Å². The number of likely N-dealkylation sites (tertiary alicyclic amines) is 1. The van der Waals surface area contributed by atoms with Gasteiger partial charge in [-0.1, -0.05) is 30.8 Å². The summed E-state index contributed by atoms with van der Waals surface area (Å²) in [6, 6.07) is 7.04. The van der Waals surface area contributed by atoms with Crippen molar-refractivity contribution in [3.8, 4) is 0 Å². The van der Waals surface area contributed by atoms with Crippen molar-refractivity contribution in [2.75, 3.05) is 13.1 Å². The van der Waals surface area contributed by atoms with Gasteiger partial charge in [0.15, 0.2) is 5.83 Å². The quantitative estimate of drug-likeness (QED) is 0.785. The molecular formula is C17H19FN2O2. The molecule has 4 nitrogen and oxygen atoms in total. The minimum Gasteiger partial charge on any atom is -0.341 e. The van der Waals surface area contributed by atoms with Crippen LogP contribution in [0.15, 0.2) is 36.7 Å². The highest BCUT2D eigenvalue weighted by Gasteiger charge is 2.38. The van der Waals surface area contributed by atoms with Gasteiger partial charge in [0.05, 0.1) is 0 Å². The second-order valence-electron chi connectivity index (χ2n) is 5.86. The molecule has 2 aliphatic rings. The molecule has 3 rings (SSSR count). The first-order valence-electron chi connectivity index (χ1n) is 7.59. The second kappa shape index (κ2) is 5.91. The summed E-state index contributed by atoms with van der Waals surface area (Å²) in [7, 11) is 0. The van der Waals surface area contributed by atoms with E-state index in [4.69, 9.17) is 0 Å². The fraction of sp³-hybridized carbons (Fsp3) is 0.412. The summed E-state index contributed by atoms with van der Waals surface area (Å²) >= 11 is 0. The number of benzene rings is 1. The molecule has 1 fully saturated rings. The zero-order valence-electron chi connectivity index (χ0n) is 12.4. The van der Waals surface area contributed by atoms with Crippen LogP contribution >= 0.6 is 0 Å². The minimum absolute atomic E-state index is 0.0818. The molecule has 1 aromatic carbocycles. The van der Waals surface area contributed by atoms with Crippen molar-refractivity contribution in [2.45, 2.75) is 31.8 Å². The summed E-state index contributed by atoms with van der Waals surface area (Å²) in [6.45, 7) is 4.78. The van der Waals surface area contributed by atoms with E-state index in [1.165, 1.54) is 4.90 Å². The van der Waals surface area contributed by atoms with Crippen LogP contribution in [0, 0.1) is 0 Å². The predicted molar refractivity (Wildman–Crippen MR) is 80.5 cm³/mol. The number of rotatable bonds is 2. The molecule has 2 amide bonds. The fourth-order valence-corrected chi connectivity index (χ4v) is 3.26. The SMILES string of the molecule is C=C(F)C(=O)N1Cc2ccccc2CC1C(=O)N1CCCC1. The Labute approximate surface area is 129 Å². The molecule has 1 unspecified atom stereocenters. The molecule has 5 heteroatoms. The number of halogens is 1. The Morgan fingerprint density at radius 3 is 2.41 bits per heavy atom. The predicted octanol–water partition coefficient (Wildman–Crippen LogP) is 2.05. The number of amides is 2. The van der Waals surface area contributed by atoms with Crippen molar-refractivity contribution < 1.29 is 14.0 Å². The monoisotopic (exact) mass is 302 g/mol. The maximum Gasteiger partial charge on any atom is 0.282 e. The van der Waals surface area contributed by atoms with Gasteiger partial charge in [-0.3, -0.25) is 9.59 Å². The number of carbonyl (C=O) groups is 2. The highest BCUT2D eigenvalue weighted by atomic mass is 19.1. The molecule has 0 bridgehead atoms. The number of hydrogen-bond acceptors (Lipinski definition) is 2. The van der Waals surface area contributed by atoms with Gasteiger partial charge in [-0.05, 0) is 24.0 Å².